The topological polar surface area (TPSA) is 167 Å². The van der Waals surface area contributed by atoms with Gasteiger partial charge in [-0.2, -0.15) is 0 Å². The van der Waals surface area contributed by atoms with E-state index < -0.39 is 59.3 Å². The van der Waals surface area contributed by atoms with Crippen molar-refractivity contribution in [3.63, 3.8) is 0 Å². The van der Waals surface area contributed by atoms with Crippen LogP contribution in [0.25, 0.3) is 0 Å². The van der Waals surface area contributed by atoms with Gasteiger partial charge in [0.2, 0.25) is 11.8 Å². The molecule has 14 nitrogen and oxygen atoms in total. The minimum atomic E-state index is -1.47. The molecule has 2 fully saturated rings. The van der Waals surface area contributed by atoms with Gasteiger partial charge in [-0.1, -0.05) is 31.1 Å². The van der Waals surface area contributed by atoms with Gasteiger partial charge in [0.1, 0.15) is 41.7 Å². The van der Waals surface area contributed by atoms with E-state index in [2.05, 4.69) is 10.6 Å². The third kappa shape index (κ3) is 9.06. The molecule has 0 spiro atoms. The molecule has 3 heterocycles. The quantitative estimate of drug-likeness (QED) is 0.360. The third-order valence-corrected chi connectivity index (χ3v) is 9.55. The second-order valence-electron chi connectivity index (χ2n) is 15.0. The van der Waals surface area contributed by atoms with E-state index in [1.807, 2.05) is 49.3 Å². The van der Waals surface area contributed by atoms with Crippen molar-refractivity contribution in [1.82, 2.24) is 25.3 Å². The van der Waals surface area contributed by atoms with E-state index in [-0.39, 0.29) is 25.3 Å². The SMILES string of the molecule is CN(C)CCOc1ccc2c(c1)CN(C(=O)O[C@@H]1C[C@H]3C(=O)N[C@]4(C(=O)O)C[C@H]4C=CCCCCC[C@H](NC(=O)OC(C)(C)C)C(=O)N3C1)C2. The lowest BCUT2D eigenvalue weighted by Gasteiger charge is -2.30. The van der Waals surface area contributed by atoms with Gasteiger partial charge in [-0.25, -0.2) is 14.4 Å². The Balaban J connectivity index is 1.32. The normalized spacial score (nSPS) is 26.9. The standard InChI is InChI=1S/C36H51N5O9/c1-35(2,3)50-33(46)37-28-12-10-8-6-7-9-11-25-19-36(25,32(44)45)38-30(42)29-18-27(22-41(29)31(28)43)49-34(47)40-20-23-13-14-26(17-24(23)21-40)48-16-15-39(4)5/h9,11,13-14,17,25,27-29H,6-8,10,12,15-16,18-22H2,1-5H3,(H,37,46)(H,38,42)(H,44,45)/t25-,27-,28+,29+,36-/m1/s1. The highest BCUT2D eigenvalue weighted by Crippen LogP contribution is 2.45. The summed E-state index contributed by atoms with van der Waals surface area (Å²) >= 11 is 0. The molecule has 0 unspecified atom stereocenters. The fraction of sp³-hybridized carbons (Fsp3) is 0.639. The molecule has 50 heavy (non-hydrogen) atoms. The van der Waals surface area contributed by atoms with E-state index in [9.17, 15) is 29.1 Å². The van der Waals surface area contributed by atoms with Gasteiger partial charge in [0.25, 0.3) is 0 Å². The second kappa shape index (κ2) is 15.3. The molecule has 4 aliphatic rings. The van der Waals surface area contributed by atoms with Crippen molar-refractivity contribution in [2.24, 2.45) is 5.92 Å². The number of fused-ring (bicyclic) bond motifs is 3. The maximum absolute atomic E-state index is 14.2. The molecular weight excluding hydrogens is 646 g/mol. The number of carbonyl (C=O) groups is 5. The molecule has 0 radical (unpaired) electrons. The number of carbonyl (C=O) groups excluding carboxylic acids is 4. The van der Waals surface area contributed by atoms with Crippen LogP contribution in [0.15, 0.2) is 30.4 Å². The number of carboxylic acids is 1. The summed E-state index contributed by atoms with van der Waals surface area (Å²) in [4.78, 5) is 71.6. The molecule has 1 aliphatic carbocycles. The van der Waals surface area contributed by atoms with Gasteiger partial charge >= 0.3 is 18.2 Å². The van der Waals surface area contributed by atoms with Gasteiger partial charge in [-0.3, -0.25) is 14.5 Å². The number of alkyl carbamates (subject to hydrolysis) is 1. The van der Waals surface area contributed by atoms with Crippen LogP contribution in [0.1, 0.15) is 76.8 Å². The zero-order valence-corrected chi connectivity index (χ0v) is 29.7. The lowest BCUT2D eigenvalue weighted by Crippen LogP contribution is -2.56. The number of likely N-dealkylation sites (N-methyl/N-ethyl adjacent to an activating group) is 1. The maximum Gasteiger partial charge on any atom is 0.410 e. The van der Waals surface area contributed by atoms with Crippen LogP contribution in [0.4, 0.5) is 9.59 Å². The van der Waals surface area contributed by atoms with E-state index in [4.69, 9.17) is 14.2 Å². The van der Waals surface area contributed by atoms with Gasteiger partial charge in [-0.05, 0) is 83.8 Å². The van der Waals surface area contributed by atoms with Gasteiger partial charge in [0, 0.05) is 32.0 Å². The number of rotatable bonds is 7. The zero-order valence-electron chi connectivity index (χ0n) is 29.7. The van der Waals surface area contributed by atoms with Crippen LogP contribution >= 0.6 is 0 Å². The average Bonchev–Trinajstić information content (AvgIpc) is 3.34. The number of nitrogens with zero attached hydrogens (tertiary/aromatic N) is 3. The van der Waals surface area contributed by atoms with Crippen molar-refractivity contribution >= 4 is 30.0 Å². The van der Waals surface area contributed by atoms with Crippen molar-refractivity contribution in [1.29, 1.82) is 0 Å². The van der Waals surface area contributed by atoms with E-state index in [1.165, 1.54) is 4.90 Å². The first-order valence-electron chi connectivity index (χ1n) is 17.5. The molecule has 3 aliphatic heterocycles. The third-order valence-electron chi connectivity index (χ3n) is 9.55. The largest absolute Gasteiger partial charge is 0.492 e. The summed E-state index contributed by atoms with van der Waals surface area (Å²) in [6, 6.07) is 3.61. The Bertz CT molecular complexity index is 1490. The van der Waals surface area contributed by atoms with E-state index >= 15 is 0 Å². The first-order valence-corrected chi connectivity index (χ1v) is 17.5. The van der Waals surface area contributed by atoms with Crippen molar-refractivity contribution < 1.29 is 43.3 Å². The van der Waals surface area contributed by atoms with Crippen LogP contribution in [0, 0.1) is 5.92 Å². The molecule has 5 rings (SSSR count). The number of hydrogen-bond donors (Lipinski definition) is 3. The van der Waals surface area contributed by atoms with Crippen LogP contribution in [-0.2, 0) is 36.9 Å². The second-order valence-corrected chi connectivity index (χ2v) is 15.0. The number of hydrogen-bond acceptors (Lipinski definition) is 9. The minimum Gasteiger partial charge on any atom is -0.492 e. The molecule has 3 N–H and O–H groups in total. The summed E-state index contributed by atoms with van der Waals surface area (Å²) in [6.45, 7) is 7.02. The summed E-state index contributed by atoms with van der Waals surface area (Å²) < 4.78 is 17.2. The highest BCUT2D eigenvalue weighted by molar-refractivity contribution is 5.96. The molecule has 14 heteroatoms. The highest BCUT2D eigenvalue weighted by Gasteiger charge is 2.61. The van der Waals surface area contributed by atoms with Gasteiger partial charge in [-0.15, -0.1) is 0 Å². The van der Waals surface area contributed by atoms with Gasteiger partial charge in [0.15, 0.2) is 0 Å². The number of carboxylic acid groups (broad SMARTS) is 1. The van der Waals surface area contributed by atoms with Crippen molar-refractivity contribution in [2.75, 3.05) is 33.8 Å². The summed E-state index contributed by atoms with van der Waals surface area (Å²) in [5, 5.41) is 15.5. The number of amides is 4. The van der Waals surface area contributed by atoms with Crippen LogP contribution in [0.2, 0.25) is 0 Å². The Hall–Kier alpha value is -4.33. The molecule has 274 valence electrons. The Labute approximate surface area is 293 Å². The molecule has 0 bridgehead atoms. The predicted octanol–water partition coefficient (Wildman–Crippen LogP) is 3.42. The zero-order chi connectivity index (χ0) is 36.2. The van der Waals surface area contributed by atoms with Gasteiger partial charge < -0.3 is 39.8 Å². The van der Waals surface area contributed by atoms with Crippen molar-refractivity contribution in [3.05, 3.63) is 41.5 Å². The Morgan fingerprint density at radius 2 is 1.86 bits per heavy atom. The fourth-order valence-corrected chi connectivity index (χ4v) is 6.75. The number of ether oxygens (including phenoxy) is 3. The molecule has 1 saturated heterocycles. The smallest absolute Gasteiger partial charge is 0.410 e. The minimum absolute atomic E-state index is 0.0245. The summed E-state index contributed by atoms with van der Waals surface area (Å²) in [5.41, 5.74) is -0.349. The maximum atomic E-state index is 14.2. The highest BCUT2D eigenvalue weighted by atomic mass is 16.6. The fourth-order valence-electron chi connectivity index (χ4n) is 6.75. The number of nitrogens with one attached hydrogen (secondary N) is 2. The molecule has 1 aromatic rings. The molecule has 4 amide bonds. The first-order chi connectivity index (χ1) is 23.6. The van der Waals surface area contributed by atoms with Crippen LogP contribution in [0.3, 0.4) is 0 Å². The Morgan fingerprint density at radius 3 is 2.58 bits per heavy atom. The molecular formula is C36H51N5O9. The van der Waals surface area contributed by atoms with Crippen LogP contribution < -0.4 is 15.4 Å². The Kier molecular flexibility index (Phi) is 11.3. The lowest BCUT2D eigenvalue weighted by molar-refractivity contribution is -0.145. The van der Waals surface area contributed by atoms with Gasteiger partial charge in [0.05, 0.1) is 6.54 Å². The molecule has 1 aromatic carbocycles. The van der Waals surface area contributed by atoms with E-state index in [1.54, 1.807) is 25.7 Å². The number of benzene rings is 1. The lowest BCUT2D eigenvalue weighted by atomic mass is 10.0. The number of allylic oxidation sites excluding steroid dienone is 1. The summed E-state index contributed by atoms with van der Waals surface area (Å²) in [6.07, 6.45) is 5.08. The van der Waals surface area contributed by atoms with Crippen LogP contribution in [-0.4, -0.2) is 113 Å². The van der Waals surface area contributed by atoms with E-state index in [0.29, 0.717) is 38.3 Å². The number of aliphatic carboxylic acids is 1. The Morgan fingerprint density at radius 1 is 1.10 bits per heavy atom. The average molecular weight is 698 g/mol. The first kappa shape index (κ1) is 36.9. The summed E-state index contributed by atoms with van der Waals surface area (Å²) in [5.74, 6) is -1.96. The molecule has 1 saturated carbocycles. The van der Waals surface area contributed by atoms with Crippen molar-refractivity contribution in [2.45, 2.75) is 108 Å². The van der Waals surface area contributed by atoms with Crippen molar-refractivity contribution in [3.8, 4) is 5.75 Å². The predicted molar refractivity (Wildman–Crippen MR) is 182 cm³/mol. The van der Waals surface area contributed by atoms with Crippen LogP contribution in [0.5, 0.6) is 5.75 Å². The van der Waals surface area contributed by atoms with E-state index in [0.717, 1.165) is 36.9 Å². The monoisotopic (exact) mass is 697 g/mol. The molecule has 5 atom stereocenters. The molecule has 0 aromatic heterocycles. The summed E-state index contributed by atoms with van der Waals surface area (Å²) in [7, 11) is 3.94.